The predicted molar refractivity (Wildman–Crippen MR) is 49.1 cm³/mol. The summed E-state index contributed by atoms with van der Waals surface area (Å²) in [5.74, 6) is 0. The summed E-state index contributed by atoms with van der Waals surface area (Å²) in [6.45, 7) is 4.41. The van der Waals surface area contributed by atoms with Crippen molar-refractivity contribution < 1.29 is 1.43 Å². The van der Waals surface area contributed by atoms with Crippen molar-refractivity contribution in [2.75, 3.05) is 0 Å². The summed E-state index contributed by atoms with van der Waals surface area (Å²) < 4.78 is 0. The second-order valence-corrected chi connectivity index (χ2v) is 2.96. The standard InChI is InChI=1S/C10H21/c1-3-5-7-9-10-8-6-4-2/h3H,4-10H2,1-2H3/p+1. The van der Waals surface area contributed by atoms with E-state index in [-0.39, 0.29) is 1.43 Å². The lowest BCUT2D eigenvalue weighted by Crippen LogP contribution is -1.78. The summed E-state index contributed by atoms with van der Waals surface area (Å²) in [5.41, 5.74) is 0. The lowest BCUT2D eigenvalue weighted by molar-refractivity contribution is 0.605. The molecule has 0 aromatic heterocycles. The molecule has 0 aliphatic carbocycles. The van der Waals surface area contributed by atoms with E-state index in [4.69, 9.17) is 0 Å². The van der Waals surface area contributed by atoms with Crippen LogP contribution in [0.2, 0.25) is 0 Å². The summed E-state index contributed by atoms with van der Waals surface area (Å²) in [4.78, 5) is 0. The maximum atomic E-state index is 2.26. The highest BCUT2D eigenvalue weighted by molar-refractivity contribution is 4.55. The second kappa shape index (κ2) is 9.00. The molecule has 0 aliphatic heterocycles. The van der Waals surface area contributed by atoms with Gasteiger partial charge < -0.3 is 0 Å². The Labute approximate surface area is 67.5 Å². The van der Waals surface area contributed by atoms with Crippen LogP contribution in [0, 0.1) is 6.42 Å². The summed E-state index contributed by atoms with van der Waals surface area (Å²) in [6.07, 6.45) is 12.1. The molecule has 0 saturated heterocycles. The van der Waals surface area contributed by atoms with Crippen molar-refractivity contribution in [2.45, 2.75) is 58.8 Å². The van der Waals surface area contributed by atoms with Gasteiger partial charge in [0.05, 0.1) is 0 Å². The summed E-state index contributed by atoms with van der Waals surface area (Å²) >= 11 is 0. The van der Waals surface area contributed by atoms with Crippen LogP contribution in [0.3, 0.4) is 0 Å². The van der Waals surface area contributed by atoms with Crippen LogP contribution in [0.5, 0.6) is 0 Å². The summed E-state index contributed by atoms with van der Waals surface area (Å²) in [7, 11) is 0. The highest BCUT2D eigenvalue weighted by Gasteiger charge is 1.87. The van der Waals surface area contributed by atoms with Gasteiger partial charge in [-0.25, -0.2) is 0 Å². The van der Waals surface area contributed by atoms with Gasteiger partial charge in [0.2, 0.25) is 0 Å². The second-order valence-electron chi connectivity index (χ2n) is 2.96. The lowest BCUT2D eigenvalue weighted by atomic mass is 10.1. The third-order valence-corrected chi connectivity index (χ3v) is 1.85. The fourth-order valence-electron chi connectivity index (χ4n) is 1.13. The maximum Gasteiger partial charge on any atom is 1.00 e. The Balaban J connectivity index is 0. The van der Waals surface area contributed by atoms with Crippen LogP contribution in [0.1, 0.15) is 60.2 Å². The first kappa shape index (κ1) is 10.0. The van der Waals surface area contributed by atoms with E-state index in [1.54, 1.807) is 0 Å². The molecule has 0 aromatic carbocycles. The summed E-state index contributed by atoms with van der Waals surface area (Å²) in [5, 5.41) is 0. The smallest absolute Gasteiger partial charge is 0.0654 e. The minimum absolute atomic E-state index is 0. The molecule has 1 radical (unpaired) electrons. The van der Waals surface area contributed by atoms with Gasteiger partial charge in [-0.2, -0.15) is 0 Å². The van der Waals surface area contributed by atoms with Crippen molar-refractivity contribution in [1.29, 1.82) is 0 Å². The number of hydrogen-bond acceptors (Lipinski definition) is 0. The third kappa shape index (κ3) is 8.00. The fraction of sp³-hybridized carbons (Fsp3) is 0.900. The van der Waals surface area contributed by atoms with Crippen molar-refractivity contribution in [2.24, 2.45) is 0 Å². The van der Waals surface area contributed by atoms with Crippen molar-refractivity contribution in [3.05, 3.63) is 6.42 Å². The predicted octanol–water partition coefficient (Wildman–Crippen LogP) is 4.07. The molecule has 0 rings (SSSR count). The SMILES string of the molecule is C[CH]CCCCCCCC.[H+]. The van der Waals surface area contributed by atoms with Crippen LogP contribution in [-0.4, -0.2) is 0 Å². The summed E-state index contributed by atoms with van der Waals surface area (Å²) in [6, 6.07) is 0. The van der Waals surface area contributed by atoms with Crippen molar-refractivity contribution >= 4 is 0 Å². The average Bonchev–Trinajstić information content (AvgIpc) is 1.97. The van der Waals surface area contributed by atoms with Crippen molar-refractivity contribution in [3.63, 3.8) is 0 Å². The van der Waals surface area contributed by atoms with Crippen molar-refractivity contribution in [1.82, 2.24) is 0 Å². The normalized spacial score (nSPS) is 10.2. The first-order valence-corrected chi connectivity index (χ1v) is 4.69. The molecule has 10 heavy (non-hydrogen) atoms. The van der Waals surface area contributed by atoms with E-state index in [0.29, 0.717) is 0 Å². The first-order valence-electron chi connectivity index (χ1n) is 4.69. The quantitative estimate of drug-likeness (QED) is 0.470. The lowest BCUT2D eigenvalue weighted by Gasteiger charge is -1.97. The molecule has 61 valence electrons. The highest BCUT2D eigenvalue weighted by Crippen LogP contribution is 2.07. The molecule has 0 atom stereocenters. The van der Waals surface area contributed by atoms with Gasteiger partial charge in [0.1, 0.15) is 0 Å². The van der Waals surface area contributed by atoms with Crippen LogP contribution in [-0.2, 0) is 0 Å². The molecule has 0 fully saturated rings. The molecule has 0 saturated carbocycles. The molecule has 0 N–H and O–H groups in total. The third-order valence-electron chi connectivity index (χ3n) is 1.85. The van der Waals surface area contributed by atoms with Gasteiger partial charge >= 0.3 is 1.43 Å². The minimum Gasteiger partial charge on any atom is -0.0654 e. The Morgan fingerprint density at radius 1 is 1.00 bits per heavy atom. The van der Waals surface area contributed by atoms with Gasteiger partial charge in [0, 0.05) is 0 Å². The van der Waals surface area contributed by atoms with Crippen LogP contribution in [0.4, 0.5) is 0 Å². The van der Waals surface area contributed by atoms with Crippen LogP contribution in [0.15, 0.2) is 0 Å². The topological polar surface area (TPSA) is 0 Å². The van der Waals surface area contributed by atoms with Gasteiger partial charge in [-0.05, 0) is 6.42 Å². The Morgan fingerprint density at radius 2 is 1.60 bits per heavy atom. The molecular formula is C10H22+. The maximum absolute atomic E-state index is 2.26. The molecule has 0 unspecified atom stereocenters. The van der Waals surface area contributed by atoms with Crippen LogP contribution >= 0.6 is 0 Å². The van der Waals surface area contributed by atoms with Gasteiger partial charge in [-0.15, -0.1) is 0 Å². The molecule has 0 heteroatoms. The zero-order chi connectivity index (χ0) is 7.66. The van der Waals surface area contributed by atoms with Gasteiger partial charge in [-0.1, -0.05) is 58.8 Å². The fourth-order valence-corrected chi connectivity index (χ4v) is 1.13. The Kier molecular flexibility index (Phi) is 9.00. The number of hydrogen-bond donors (Lipinski definition) is 0. The van der Waals surface area contributed by atoms with E-state index in [1.165, 1.54) is 44.9 Å². The molecule has 0 aliphatic rings. The van der Waals surface area contributed by atoms with E-state index < -0.39 is 0 Å². The number of rotatable bonds is 7. The molecular weight excluding hydrogens is 120 g/mol. The van der Waals surface area contributed by atoms with Crippen molar-refractivity contribution in [3.8, 4) is 0 Å². The van der Waals surface area contributed by atoms with E-state index in [9.17, 15) is 0 Å². The Morgan fingerprint density at radius 3 is 2.20 bits per heavy atom. The first-order chi connectivity index (χ1) is 4.91. The monoisotopic (exact) mass is 142 g/mol. The zero-order valence-electron chi connectivity index (χ0n) is 8.53. The van der Waals surface area contributed by atoms with Crippen LogP contribution < -0.4 is 0 Å². The van der Waals surface area contributed by atoms with Gasteiger partial charge in [0.15, 0.2) is 0 Å². The molecule has 0 spiro atoms. The Bertz CT molecular complexity index is 44.8. The molecule has 0 aromatic rings. The molecule has 0 amide bonds. The van der Waals surface area contributed by atoms with E-state index in [1.807, 2.05) is 0 Å². The highest BCUT2D eigenvalue weighted by atomic mass is 13.9. The Hall–Kier alpha value is 0. The molecule has 0 heterocycles. The number of unbranched alkanes of at least 4 members (excludes halogenated alkanes) is 7. The van der Waals surface area contributed by atoms with Gasteiger partial charge in [0.25, 0.3) is 0 Å². The largest absolute Gasteiger partial charge is 1.00 e. The molecule has 0 bridgehead atoms. The minimum atomic E-state index is 0. The van der Waals surface area contributed by atoms with Crippen LogP contribution in [0.25, 0.3) is 0 Å². The van der Waals surface area contributed by atoms with Gasteiger partial charge in [-0.3, -0.25) is 0 Å². The van der Waals surface area contributed by atoms with E-state index in [0.717, 1.165) is 0 Å². The average molecular weight is 142 g/mol. The van der Waals surface area contributed by atoms with E-state index >= 15 is 0 Å². The zero-order valence-corrected chi connectivity index (χ0v) is 7.53. The van der Waals surface area contributed by atoms with E-state index in [2.05, 4.69) is 20.3 Å². The molecule has 0 nitrogen and oxygen atoms in total.